The lowest BCUT2D eigenvalue weighted by atomic mass is 10.1. The number of amides is 1. The summed E-state index contributed by atoms with van der Waals surface area (Å²) < 4.78 is 10.6. The third kappa shape index (κ3) is 6.29. The minimum Gasteiger partial charge on any atom is -0.502 e. The summed E-state index contributed by atoms with van der Waals surface area (Å²) in [5, 5.41) is 1.60. The van der Waals surface area contributed by atoms with Gasteiger partial charge < -0.3 is 19.2 Å². The lowest BCUT2D eigenvalue weighted by molar-refractivity contribution is -0.161. The van der Waals surface area contributed by atoms with Crippen LogP contribution in [0.15, 0.2) is 42.7 Å². The Morgan fingerprint density at radius 1 is 1.19 bits per heavy atom. The number of carbonyl (C=O) groups is 2. The number of piperazine rings is 1. The number of hydrogen-bond acceptors (Lipinski definition) is 6. The van der Waals surface area contributed by atoms with Crippen LogP contribution >= 0.6 is 0 Å². The van der Waals surface area contributed by atoms with Crippen molar-refractivity contribution in [2.75, 3.05) is 26.7 Å². The van der Waals surface area contributed by atoms with Gasteiger partial charge in [0.2, 0.25) is 0 Å². The molecule has 0 spiro atoms. The minimum atomic E-state index is -0.570. The SMILES string of the molecule is C=C(C[C@H]1CN(C(=O)OC(C)(C)C)CCN1OC(=O)c1ccccc1)OC. The maximum absolute atomic E-state index is 12.4. The Morgan fingerprint density at radius 3 is 2.44 bits per heavy atom. The van der Waals surface area contributed by atoms with Gasteiger partial charge in [-0.1, -0.05) is 24.8 Å². The van der Waals surface area contributed by atoms with Crippen molar-refractivity contribution in [3.05, 3.63) is 48.2 Å². The number of methoxy groups -OCH3 is 1. The third-order valence-corrected chi connectivity index (χ3v) is 4.04. The lowest BCUT2D eigenvalue weighted by Gasteiger charge is -2.40. The van der Waals surface area contributed by atoms with Crippen LogP contribution in [0.25, 0.3) is 0 Å². The molecule has 0 aliphatic carbocycles. The minimum absolute atomic E-state index is 0.272. The van der Waals surface area contributed by atoms with Crippen LogP contribution < -0.4 is 0 Å². The Kier molecular flexibility index (Phi) is 6.85. The molecule has 7 nitrogen and oxygen atoms in total. The Bertz CT molecular complexity index is 669. The molecule has 2 rings (SSSR count). The summed E-state index contributed by atoms with van der Waals surface area (Å²) in [5.41, 5.74) is -0.101. The monoisotopic (exact) mass is 376 g/mol. The van der Waals surface area contributed by atoms with Crippen molar-refractivity contribution in [1.29, 1.82) is 0 Å². The van der Waals surface area contributed by atoms with Crippen LogP contribution in [0.2, 0.25) is 0 Å². The molecule has 1 fully saturated rings. The largest absolute Gasteiger partial charge is 0.502 e. The van der Waals surface area contributed by atoms with E-state index in [0.717, 1.165) is 0 Å². The number of carbonyl (C=O) groups excluding carboxylic acids is 2. The normalized spacial score (nSPS) is 17.9. The standard InChI is InChI=1S/C20H28N2O5/c1-15(25-5)13-17-14-21(19(24)26-20(2,3)4)11-12-22(17)27-18(23)16-9-7-6-8-10-16/h6-10,17H,1,11-14H2,2-5H3/t17-/m0/s1. The summed E-state index contributed by atoms with van der Waals surface area (Å²) in [4.78, 5) is 32.0. The van der Waals surface area contributed by atoms with Gasteiger partial charge in [0.1, 0.15) is 5.60 Å². The zero-order chi connectivity index (χ0) is 20.0. The van der Waals surface area contributed by atoms with E-state index in [4.69, 9.17) is 14.3 Å². The number of hydrogen-bond donors (Lipinski definition) is 0. The molecule has 1 amide bonds. The molecule has 0 unspecified atom stereocenters. The summed E-state index contributed by atoms with van der Waals surface area (Å²) in [7, 11) is 1.54. The molecule has 0 radical (unpaired) electrons. The van der Waals surface area contributed by atoms with Crippen LogP contribution in [-0.2, 0) is 14.3 Å². The van der Waals surface area contributed by atoms with Crippen molar-refractivity contribution in [3.63, 3.8) is 0 Å². The zero-order valence-corrected chi connectivity index (χ0v) is 16.4. The number of hydroxylamine groups is 2. The Hall–Kier alpha value is -2.54. The van der Waals surface area contributed by atoms with E-state index in [-0.39, 0.29) is 12.1 Å². The number of ether oxygens (including phenoxy) is 2. The average Bonchev–Trinajstić information content (AvgIpc) is 2.62. The molecule has 0 saturated carbocycles. The second kappa shape index (κ2) is 8.90. The van der Waals surface area contributed by atoms with Gasteiger partial charge in [0.05, 0.1) is 31.0 Å². The fourth-order valence-corrected chi connectivity index (χ4v) is 2.70. The van der Waals surface area contributed by atoms with E-state index in [1.165, 1.54) is 7.11 Å². The van der Waals surface area contributed by atoms with E-state index < -0.39 is 11.6 Å². The van der Waals surface area contributed by atoms with Gasteiger partial charge in [-0.15, -0.1) is 5.06 Å². The average molecular weight is 376 g/mol. The van der Waals surface area contributed by atoms with Crippen LogP contribution in [0.5, 0.6) is 0 Å². The highest BCUT2D eigenvalue weighted by molar-refractivity contribution is 5.89. The third-order valence-electron chi connectivity index (χ3n) is 4.04. The molecular formula is C20H28N2O5. The molecule has 1 aromatic carbocycles. The van der Waals surface area contributed by atoms with Gasteiger partial charge in [-0.3, -0.25) is 0 Å². The van der Waals surface area contributed by atoms with Crippen LogP contribution in [-0.4, -0.2) is 60.4 Å². The Morgan fingerprint density at radius 2 is 1.85 bits per heavy atom. The van der Waals surface area contributed by atoms with Crippen LogP contribution in [0.4, 0.5) is 4.79 Å². The smallest absolute Gasteiger partial charge is 0.410 e. The first-order valence-electron chi connectivity index (χ1n) is 8.93. The molecule has 0 aromatic heterocycles. The first-order chi connectivity index (χ1) is 12.7. The molecule has 0 bridgehead atoms. The van der Waals surface area contributed by atoms with Crippen LogP contribution in [0.1, 0.15) is 37.6 Å². The number of nitrogens with zero attached hydrogens (tertiary/aromatic N) is 2. The first kappa shape index (κ1) is 20.8. The molecule has 148 valence electrons. The zero-order valence-electron chi connectivity index (χ0n) is 16.4. The topological polar surface area (TPSA) is 68.3 Å². The van der Waals surface area contributed by atoms with Gasteiger partial charge in [-0.2, -0.15) is 0 Å². The quantitative estimate of drug-likeness (QED) is 0.735. The molecular weight excluding hydrogens is 348 g/mol. The predicted molar refractivity (Wildman–Crippen MR) is 101 cm³/mol. The van der Waals surface area contributed by atoms with Crippen LogP contribution in [0.3, 0.4) is 0 Å². The van der Waals surface area contributed by atoms with Crippen molar-refractivity contribution in [3.8, 4) is 0 Å². The van der Waals surface area contributed by atoms with E-state index in [0.29, 0.717) is 37.4 Å². The predicted octanol–water partition coefficient (Wildman–Crippen LogP) is 3.23. The molecule has 1 aromatic rings. The lowest BCUT2D eigenvalue weighted by Crippen LogP contribution is -2.55. The molecule has 27 heavy (non-hydrogen) atoms. The van der Waals surface area contributed by atoms with Gasteiger partial charge in [0, 0.05) is 19.5 Å². The van der Waals surface area contributed by atoms with Crippen molar-refractivity contribution in [1.82, 2.24) is 9.96 Å². The number of benzene rings is 1. The second-order valence-electron chi connectivity index (χ2n) is 7.41. The second-order valence-corrected chi connectivity index (χ2v) is 7.41. The Labute approximate surface area is 160 Å². The van der Waals surface area contributed by atoms with Gasteiger partial charge in [-0.25, -0.2) is 9.59 Å². The summed E-state index contributed by atoms with van der Waals surface area (Å²) in [6, 6.07) is 8.51. The van der Waals surface area contributed by atoms with E-state index >= 15 is 0 Å². The molecule has 1 heterocycles. The van der Waals surface area contributed by atoms with E-state index in [9.17, 15) is 9.59 Å². The van der Waals surface area contributed by atoms with E-state index in [1.807, 2.05) is 26.8 Å². The van der Waals surface area contributed by atoms with Gasteiger partial charge in [0.25, 0.3) is 0 Å². The van der Waals surface area contributed by atoms with E-state index in [1.54, 1.807) is 34.2 Å². The molecule has 7 heteroatoms. The fourth-order valence-electron chi connectivity index (χ4n) is 2.70. The Balaban J connectivity index is 2.07. The summed E-state index contributed by atoms with van der Waals surface area (Å²) in [6.45, 7) is 10.4. The summed E-state index contributed by atoms with van der Waals surface area (Å²) in [5.74, 6) is 0.112. The highest BCUT2D eigenvalue weighted by Gasteiger charge is 2.34. The molecule has 1 atom stereocenters. The first-order valence-corrected chi connectivity index (χ1v) is 8.93. The summed E-state index contributed by atoms with van der Waals surface area (Å²) in [6.07, 6.45) is 0.0438. The van der Waals surface area contributed by atoms with Crippen LogP contribution in [0, 0.1) is 0 Å². The maximum Gasteiger partial charge on any atom is 0.410 e. The van der Waals surface area contributed by atoms with Crippen molar-refractivity contribution in [2.24, 2.45) is 0 Å². The number of rotatable bonds is 5. The highest BCUT2D eigenvalue weighted by atomic mass is 16.7. The molecule has 1 saturated heterocycles. The molecule has 1 aliphatic heterocycles. The van der Waals surface area contributed by atoms with Crippen molar-refractivity contribution < 1.29 is 23.9 Å². The fraction of sp³-hybridized carbons (Fsp3) is 0.500. The highest BCUT2D eigenvalue weighted by Crippen LogP contribution is 2.20. The van der Waals surface area contributed by atoms with E-state index in [2.05, 4.69) is 6.58 Å². The van der Waals surface area contributed by atoms with Crippen molar-refractivity contribution in [2.45, 2.75) is 38.8 Å². The maximum atomic E-state index is 12.4. The van der Waals surface area contributed by atoms with Crippen molar-refractivity contribution >= 4 is 12.1 Å². The molecule has 1 aliphatic rings. The van der Waals surface area contributed by atoms with Gasteiger partial charge >= 0.3 is 12.1 Å². The van der Waals surface area contributed by atoms with Gasteiger partial charge in [-0.05, 0) is 32.9 Å². The van der Waals surface area contributed by atoms with Gasteiger partial charge in [0.15, 0.2) is 0 Å². The summed E-state index contributed by atoms with van der Waals surface area (Å²) >= 11 is 0. The molecule has 0 N–H and O–H groups in total.